The van der Waals surface area contributed by atoms with Crippen molar-refractivity contribution in [2.75, 3.05) is 14.2 Å². The van der Waals surface area contributed by atoms with Gasteiger partial charge in [0.15, 0.2) is 0 Å². The van der Waals surface area contributed by atoms with Gasteiger partial charge in [-0.15, -0.1) is 0 Å². The van der Waals surface area contributed by atoms with Crippen LogP contribution in [0.25, 0.3) is 0 Å². The van der Waals surface area contributed by atoms with E-state index >= 15 is 0 Å². The van der Waals surface area contributed by atoms with Crippen molar-refractivity contribution in [3.8, 4) is 0 Å². The van der Waals surface area contributed by atoms with Crippen molar-refractivity contribution in [2.45, 2.75) is 19.3 Å². The van der Waals surface area contributed by atoms with Gasteiger partial charge in [-0.05, 0) is 12.5 Å². The van der Waals surface area contributed by atoms with Crippen molar-refractivity contribution >= 4 is 5.97 Å². The molecule has 0 aromatic rings. The van der Waals surface area contributed by atoms with E-state index < -0.39 is 0 Å². The quantitative estimate of drug-likeness (QED) is 0.493. The largest absolute Gasteiger partial charge is 0.501 e. The first kappa shape index (κ1) is 9.84. The van der Waals surface area contributed by atoms with Crippen molar-refractivity contribution < 1.29 is 14.3 Å². The molecule has 0 fully saturated rings. The molecule has 0 radical (unpaired) electrons. The lowest BCUT2D eigenvalue weighted by Crippen LogP contribution is -2.03. The van der Waals surface area contributed by atoms with Crippen LogP contribution in [0.1, 0.15) is 19.3 Å². The number of carbonyl (C=O) groups is 1. The Morgan fingerprint density at radius 2 is 2.15 bits per heavy atom. The molecule has 0 amide bonds. The third-order valence-corrected chi connectivity index (χ3v) is 2.05. The standard InChI is InChI=1S/C10H14O3/c1-12-9-5-3-8(4-6-9)7-10(11)13-2/h3,6H,4-5,7H2,1-2H3. The molecule has 0 N–H and O–H groups in total. The van der Waals surface area contributed by atoms with Crippen LogP contribution in [-0.4, -0.2) is 20.2 Å². The highest BCUT2D eigenvalue weighted by atomic mass is 16.5. The Hall–Kier alpha value is -1.25. The number of methoxy groups -OCH3 is 2. The molecule has 0 saturated heterocycles. The van der Waals surface area contributed by atoms with Gasteiger partial charge in [-0.2, -0.15) is 0 Å². The Morgan fingerprint density at radius 3 is 2.62 bits per heavy atom. The third kappa shape index (κ3) is 2.93. The fourth-order valence-electron chi connectivity index (χ4n) is 1.23. The minimum Gasteiger partial charge on any atom is -0.501 e. The second-order valence-corrected chi connectivity index (χ2v) is 2.90. The molecule has 0 bridgehead atoms. The molecule has 0 heterocycles. The highest BCUT2D eigenvalue weighted by Gasteiger charge is 2.09. The Morgan fingerprint density at radius 1 is 1.38 bits per heavy atom. The maximum absolute atomic E-state index is 10.9. The molecule has 0 atom stereocenters. The first-order valence-corrected chi connectivity index (χ1v) is 4.24. The van der Waals surface area contributed by atoms with E-state index in [1.165, 1.54) is 7.11 Å². The van der Waals surface area contributed by atoms with Crippen LogP contribution in [0.15, 0.2) is 23.5 Å². The molecule has 1 aliphatic rings. The zero-order valence-corrected chi connectivity index (χ0v) is 8.00. The molecular weight excluding hydrogens is 168 g/mol. The van der Waals surface area contributed by atoms with Crippen LogP contribution < -0.4 is 0 Å². The average molecular weight is 182 g/mol. The predicted octanol–water partition coefficient (Wildman–Crippen LogP) is 1.80. The fraction of sp³-hybridized carbons (Fsp3) is 0.500. The summed E-state index contributed by atoms with van der Waals surface area (Å²) in [5, 5.41) is 0. The van der Waals surface area contributed by atoms with Crippen molar-refractivity contribution in [1.82, 2.24) is 0 Å². The average Bonchev–Trinajstić information content (AvgIpc) is 2.19. The zero-order chi connectivity index (χ0) is 9.68. The van der Waals surface area contributed by atoms with Gasteiger partial charge in [-0.25, -0.2) is 0 Å². The first-order valence-electron chi connectivity index (χ1n) is 4.24. The van der Waals surface area contributed by atoms with E-state index in [1.807, 2.05) is 12.2 Å². The van der Waals surface area contributed by atoms with Gasteiger partial charge >= 0.3 is 5.97 Å². The predicted molar refractivity (Wildman–Crippen MR) is 49.0 cm³/mol. The minimum atomic E-state index is -0.180. The van der Waals surface area contributed by atoms with Gasteiger partial charge in [0.2, 0.25) is 0 Å². The van der Waals surface area contributed by atoms with E-state index in [-0.39, 0.29) is 5.97 Å². The second-order valence-electron chi connectivity index (χ2n) is 2.90. The van der Waals surface area contributed by atoms with Gasteiger partial charge in [0.1, 0.15) is 0 Å². The summed E-state index contributed by atoms with van der Waals surface area (Å²) in [6.45, 7) is 0. The number of ether oxygens (including phenoxy) is 2. The molecule has 0 aliphatic heterocycles. The Labute approximate surface area is 78.0 Å². The van der Waals surface area contributed by atoms with E-state index in [1.54, 1.807) is 7.11 Å². The number of allylic oxidation sites excluding steroid dienone is 2. The summed E-state index contributed by atoms with van der Waals surface area (Å²) in [6.07, 6.45) is 5.99. The van der Waals surface area contributed by atoms with Gasteiger partial charge < -0.3 is 9.47 Å². The smallest absolute Gasteiger partial charge is 0.309 e. The van der Waals surface area contributed by atoms with Crippen LogP contribution in [0, 0.1) is 0 Å². The number of hydrogen-bond acceptors (Lipinski definition) is 3. The van der Waals surface area contributed by atoms with Crippen molar-refractivity contribution in [3.63, 3.8) is 0 Å². The summed E-state index contributed by atoms with van der Waals surface area (Å²) >= 11 is 0. The van der Waals surface area contributed by atoms with Gasteiger partial charge in [-0.1, -0.05) is 11.6 Å². The Balaban J connectivity index is 2.40. The maximum Gasteiger partial charge on any atom is 0.309 e. The number of carbonyl (C=O) groups excluding carboxylic acids is 1. The number of esters is 1. The summed E-state index contributed by atoms with van der Waals surface area (Å²) in [7, 11) is 3.06. The fourth-order valence-corrected chi connectivity index (χ4v) is 1.23. The van der Waals surface area contributed by atoms with E-state index in [9.17, 15) is 4.79 Å². The topological polar surface area (TPSA) is 35.5 Å². The highest BCUT2D eigenvalue weighted by molar-refractivity contribution is 5.72. The molecule has 0 spiro atoms. The highest BCUT2D eigenvalue weighted by Crippen LogP contribution is 2.20. The van der Waals surface area contributed by atoms with E-state index in [4.69, 9.17) is 4.74 Å². The molecule has 3 nitrogen and oxygen atoms in total. The molecule has 1 aliphatic carbocycles. The van der Waals surface area contributed by atoms with E-state index in [0.29, 0.717) is 6.42 Å². The lowest BCUT2D eigenvalue weighted by atomic mass is 10.0. The summed E-state index contributed by atoms with van der Waals surface area (Å²) < 4.78 is 9.65. The zero-order valence-electron chi connectivity index (χ0n) is 8.00. The lowest BCUT2D eigenvalue weighted by Gasteiger charge is -2.11. The van der Waals surface area contributed by atoms with Crippen LogP contribution in [0.4, 0.5) is 0 Å². The number of hydrogen-bond donors (Lipinski definition) is 0. The van der Waals surface area contributed by atoms with Crippen molar-refractivity contribution in [1.29, 1.82) is 0 Å². The second kappa shape index (κ2) is 4.70. The van der Waals surface area contributed by atoms with Crippen LogP contribution in [0.3, 0.4) is 0 Å². The van der Waals surface area contributed by atoms with E-state index in [2.05, 4.69) is 4.74 Å². The molecule has 0 saturated carbocycles. The van der Waals surface area contributed by atoms with Crippen molar-refractivity contribution in [2.24, 2.45) is 0 Å². The third-order valence-electron chi connectivity index (χ3n) is 2.05. The van der Waals surface area contributed by atoms with Crippen LogP contribution in [0.5, 0.6) is 0 Å². The summed E-state index contributed by atoms with van der Waals surface area (Å²) in [5.74, 6) is 0.786. The minimum absolute atomic E-state index is 0.180. The molecule has 0 aromatic heterocycles. The molecule has 0 aromatic carbocycles. The summed E-state index contributed by atoms with van der Waals surface area (Å²) in [5.41, 5.74) is 1.10. The molecular formula is C10H14O3. The van der Waals surface area contributed by atoms with Gasteiger partial charge in [0, 0.05) is 6.42 Å². The molecule has 3 heteroatoms. The van der Waals surface area contributed by atoms with Gasteiger partial charge in [0.25, 0.3) is 0 Å². The molecule has 1 rings (SSSR count). The van der Waals surface area contributed by atoms with Crippen molar-refractivity contribution in [3.05, 3.63) is 23.5 Å². The molecule has 72 valence electrons. The van der Waals surface area contributed by atoms with Gasteiger partial charge in [-0.3, -0.25) is 4.79 Å². The Bertz CT molecular complexity index is 251. The van der Waals surface area contributed by atoms with Crippen LogP contribution in [0.2, 0.25) is 0 Å². The monoisotopic (exact) mass is 182 g/mol. The Kier molecular flexibility index (Phi) is 3.55. The summed E-state index contributed by atoms with van der Waals surface area (Å²) in [6, 6.07) is 0. The summed E-state index contributed by atoms with van der Waals surface area (Å²) in [4.78, 5) is 10.9. The SMILES string of the molecule is COC(=O)CC1=CCC(OC)=CC1. The molecule has 13 heavy (non-hydrogen) atoms. The maximum atomic E-state index is 10.9. The van der Waals surface area contributed by atoms with Crippen LogP contribution >= 0.6 is 0 Å². The van der Waals surface area contributed by atoms with Crippen LogP contribution in [-0.2, 0) is 14.3 Å². The lowest BCUT2D eigenvalue weighted by molar-refractivity contribution is -0.139. The normalized spacial score (nSPS) is 15.8. The number of rotatable bonds is 3. The van der Waals surface area contributed by atoms with E-state index in [0.717, 1.165) is 24.2 Å². The first-order chi connectivity index (χ1) is 6.26. The van der Waals surface area contributed by atoms with Gasteiger partial charge in [0.05, 0.1) is 26.4 Å². The molecule has 0 unspecified atom stereocenters.